The number of unbranched alkanes of at least 4 members (excludes halogenated alkanes) is 1. The van der Waals surface area contributed by atoms with Gasteiger partial charge in [0.1, 0.15) is 12.6 Å². The molecule has 0 bridgehead atoms. The predicted octanol–water partition coefficient (Wildman–Crippen LogP) is 7.38. The van der Waals surface area contributed by atoms with Gasteiger partial charge in [-0.3, -0.25) is 13.9 Å². The van der Waals surface area contributed by atoms with Crippen LogP contribution >= 0.6 is 23.2 Å². The van der Waals surface area contributed by atoms with Crippen molar-refractivity contribution in [2.24, 2.45) is 0 Å². The predicted molar refractivity (Wildman–Crippen MR) is 199 cm³/mol. The average molecular weight is 741 g/mol. The van der Waals surface area contributed by atoms with E-state index in [-0.39, 0.29) is 29.5 Å². The first-order chi connectivity index (χ1) is 23.9. The lowest BCUT2D eigenvalue weighted by Gasteiger charge is -2.34. The molecule has 0 aliphatic carbocycles. The summed E-state index contributed by atoms with van der Waals surface area (Å²) in [6, 6.07) is 22.9. The van der Waals surface area contributed by atoms with E-state index < -0.39 is 28.5 Å². The second-order valence-electron chi connectivity index (χ2n) is 12.0. The number of amides is 2. The lowest BCUT2D eigenvalue weighted by Crippen LogP contribution is -2.53. The molecule has 0 unspecified atom stereocenters. The van der Waals surface area contributed by atoms with E-state index in [1.165, 1.54) is 37.3 Å². The fraction of sp³-hybridized carbons (Fsp3) is 0.316. The van der Waals surface area contributed by atoms with E-state index in [1.807, 2.05) is 57.2 Å². The maximum atomic E-state index is 14.8. The van der Waals surface area contributed by atoms with E-state index in [1.54, 1.807) is 30.3 Å². The molecule has 4 aromatic carbocycles. The lowest BCUT2D eigenvalue weighted by atomic mass is 10.0. The quantitative estimate of drug-likeness (QED) is 0.120. The monoisotopic (exact) mass is 739 g/mol. The van der Waals surface area contributed by atoms with Crippen molar-refractivity contribution in [3.05, 3.63) is 117 Å². The molecule has 9 nitrogen and oxygen atoms in total. The zero-order chi connectivity index (χ0) is 36.4. The Balaban J connectivity index is 1.86. The van der Waals surface area contributed by atoms with Crippen LogP contribution in [0.25, 0.3) is 0 Å². The molecule has 0 aromatic heterocycles. The van der Waals surface area contributed by atoms with Gasteiger partial charge in [-0.05, 0) is 78.9 Å². The highest BCUT2D eigenvalue weighted by Gasteiger charge is 2.35. The Morgan fingerprint density at radius 3 is 2.16 bits per heavy atom. The van der Waals surface area contributed by atoms with Crippen LogP contribution in [0.4, 0.5) is 5.69 Å². The van der Waals surface area contributed by atoms with Gasteiger partial charge in [0.15, 0.2) is 11.5 Å². The standard InChI is InChI=1S/C38H43Cl2N3O6S/c1-6-7-17-41-38(45)34(21-28-11-9-8-10-12-28)42(24-29-13-14-30(39)22-33(29)40)37(44)25-43(31-19-26(2)18-27(3)20-31)50(46,47)32-15-16-35(48-4)36(23-32)49-5/h8-16,18-20,22-23,34H,6-7,17,21,24-25H2,1-5H3,(H,41,45)/t34-/m1/s1. The molecule has 0 aliphatic heterocycles. The molecule has 0 saturated carbocycles. The lowest BCUT2D eigenvalue weighted by molar-refractivity contribution is -0.140. The fourth-order valence-corrected chi connectivity index (χ4v) is 7.50. The van der Waals surface area contributed by atoms with Gasteiger partial charge in [0.2, 0.25) is 11.8 Å². The number of hydrogen-bond donors (Lipinski definition) is 1. The number of nitrogens with zero attached hydrogens (tertiary/aromatic N) is 2. The minimum absolute atomic E-state index is 0.0787. The third kappa shape index (κ3) is 9.71. The van der Waals surface area contributed by atoms with Crippen LogP contribution in [0, 0.1) is 13.8 Å². The minimum atomic E-state index is -4.38. The van der Waals surface area contributed by atoms with Crippen molar-refractivity contribution in [2.45, 2.75) is 57.5 Å². The van der Waals surface area contributed by atoms with Crippen LogP contribution in [0.3, 0.4) is 0 Å². The number of hydrogen-bond acceptors (Lipinski definition) is 6. The second kappa shape index (κ2) is 17.6. The Hall–Kier alpha value is -4.25. The zero-order valence-electron chi connectivity index (χ0n) is 28.9. The molecule has 50 heavy (non-hydrogen) atoms. The molecule has 0 fully saturated rings. The van der Waals surface area contributed by atoms with Gasteiger partial charge in [-0.25, -0.2) is 8.42 Å². The Kier molecular flexibility index (Phi) is 13.6. The van der Waals surface area contributed by atoms with Crippen LogP contribution in [0.5, 0.6) is 11.5 Å². The van der Waals surface area contributed by atoms with Crippen LogP contribution in [0.15, 0.2) is 89.8 Å². The first-order valence-electron chi connectivity index (χ1n) is 16.3. The molecule has 1 N–H and O–H groups in total. The number of nitrogens with one attached hydrogen (secondary N) is 1. The van der Waals surface area contributed by atoms with Gasteiger partial charge in [0.25, 0.3) is 10.0 Å². The topological polar surface area (TPSA) is 105 Å². The van der Waals surface area contributed by atoms with Crippen LogP contribution in [0.2, 0.25) is 10.0 Å². The number of ether oxygens (including phenoxy) is 2. The number of sulfonamides is 1. The summed E-state index contributed by atoms with van der Waals surface area (Å²) >= 11 is 12.8. The summed E-state index contributed by atoms with van der Waals surface area (Å²) in [5, 5.41) is 3.71. The first-order valence-corrected chi connectivity index (χ1v) is 18.5. The van der Waals surface area contributed by atoms with Gasteiger partial charge in [-0.1, -0.05) is 79.0 Å². The molecule has 4 aromatic rings. The van der Waals surface area contributed by atoms with Gasteiger partial charge in [0.05, 0.1) is 24.8 Å². The van der Waals surface area contributed by atoms with E-state index in [2.05, 4.69) is 5.32 Å². The third-order valence-electron chi connectivity index (χ3n) is 8.17. The normalized spacial score (nSPS) is 11.8. The fourth-order valence-electron chi connectivity index (χ4n) is 5.62. The molecular weight excluding hydrogens is 697 g/mol. The van der Waals surface area contributed by atoms with E-state index in [0.29, 0.717) is 33.6 Å². The molecule has 0 heterocycles. The van der Waals surface area contributed by atoms with Gasteiger partial charge >= 0.3 is 0 Å². The number of benzene rings is 4. The van der Waals surface area contributed by atoms with Crippen molar-refractivity contribution < 1.29 is 27.5 Å². The molecule has 4 rings (SSSR count). The van der Waals surface area contributed by atoms with Crippen LogP contribution in [0.1, 0.15) is 42.0 Å². The number of anilines is 1. The van der Waals surface area contributed by atoms with E-state index in [0.717, 1.165) is 33.8 Å². The summed E-state index contributed by atoms with van der Waals surface area (Å²) in [6.07, 6.45) is 1.80. The van der Waals surface area contributed by atoms with Crippen LogP contribution in [-0.4, -0.2) is 58.5 Å². The highest BCUT2D eigenvalue weighted by molar-refractivity contribution is 7.92. The first kappa shape index (κ1) is 38.6. The Morgan fingerprint density at radius 1 is 0.860 bits per heavy atom. The molecule has 266 valence electrons. The number of methoxy groups -OCH3 is 2. The zero-order valence-corrected chi connectivity index (χ0v) is 31.2. The Bertz CT molecular complexity index is 1890. The molecule has 12 heteroatoms. The molecule has 0 saturated heterocycles. The van der Waals surface area contributed by atoms with Gasteiger partial charge in [-0.2, -0.15) is 0 Å². The van der Waals surface area contributed by atoms with Crippen molar-refractivity contribution in [2.75, 3.05) is 31.6 Å². The Morgan fingerprint density at radius 2 is 1.54 bits per heavy atom. The summed E-state index contributed by atoms with van der Waals surface area (Å²) in [6.45, 7) is 5.46. The average Bonchev–Trinajstić information content (AvgIpc) is 3.09. The highest BCUT2D eigenvalue weighted by Crippen LogP contribution is 2.33. The maximum Gasteiger partial charge on any atom is 0.264 e. The van der Waals surface area contributed by atoms with E-state index in [9.17, 15) is 18.0 Å². The summed E-state index contributed by atoms with van der Waals surface area (Å²) in [5.41, 5.74) is 3.28. The second-order valence-corrected chi connectivity index (χ2v) is 14.7. The van der Waals surface area contributed by atoms with Gasteiger partial charge in [-0.15, -0.1) is 0 Å². The number of aryl methyl sites for hydroxylation is 2. The molecular formula is C38H43Cl2N3O6S. The molecule has 1 atom stereocenters. The molecule has 0 spiro atoms. The maximum absolute atomic E-state index is 14.8. The van der Waals surface area contributed by atoms with E-state index >= 15 is 0 Å². The number of carbonyl (C=O) groups is 2. The Labute approximate surface area is 305 Å². The summed E-state index contributed by atoms with van der Waals surface area (Å²) in [7, 11) is -1.51. The van der Waals surface area contributed by atoms with Crippen LogP contribution in [-0.2, 0) is 32.6 Å². The van der Waals surface area contributed by atoms with E-state index in [4.69, 9.17) is 32.7 Å². The third-order valence-corrected chi connectivity index (χ3v) is 10.5. The molecule has 0 radical (unpaired) electrons. The van der Waals surface area contributed by atoms with Crippen molar-refractivity contribution in [3.63, 3.8) is 0 Å². The highest BCUT2D eigenvalue weighted by atomic mass is 35.5. The smallest absolute Gasteiger partial charge is 0.264 e. The number of carbonyl (C=O) groups excluding carboxylic acids is 2. The largest absolute Gasteiger partial charge is 0.493 e. The molecule has 2 amide bonds. The summed E-state index contributed by atoms with van der Waals surface area (Å²) in [4.78, 5) is 30.1. The summed E-state index contributed by atoms with van der Waals surface area (Å²) in [5.74, 6) is -0.400. The van der Waals surface area contributed by atoms with Crippen molar-refractivity contribution in [1.82, 2.24) is 10.2 Å². The summed E-state index contributed by atoms with van der Waals surface area (Å²) < 4.78 is 40.9. The van der Waals surface area contributed by atoms with Gasteiger partial charge < -0.3 is 19.7 Å². The minimum Gasteiger partial charge on any atom is -0.493 e. The van der Waals surface area contributed by atoms with Crippen LogP contribution < -0.4 is 19.1 Å². The molecule has 0 aliphatic rings. The van der Waals surface area contributed by atoms with Crippen molar-refractivity contribution in [1.29, 1.82) is 0 Å². The van der Waals surface area contributed by atoms with Crippen molar-refractivity contribution in [3.8, 4) is 11.5 Å². The van der Waals surface area contributed by atoms with Crippen molar-refractivity contribution >= 4 is 50.7 Å². The number of halogens is 2. The number of rotatable bonds is 16. The SMILES string of the molecule is CCCCNC(=O)[C@@H](Cc1ccccc1)N(Cc1ccc(Cl)cc1Cl)C(=O)CN(c1cc(C)cc(C)c1)S(=O)(=O)c1ccc(OC)c(OC)c1. The van der Waals surface area contributed by atoms with Gasteiger partial charge in [0, 0.05) is 35.6 Å².